The summed E-state index contributed by atoms with van der Waals surface area (Å²) in [7, 11) is 0. The fraction of sp³-hybridized carbons (Fsp3) is 0.462. The third kappa shape index (κ3) is 4.04. The molecule has 0 radical (unpaired) electrons. The molecule has 1 amide bonds. The second-order valence-electron chi connectivity index (χ2n) is 4.54. The number of hydrogen-bond acceptors (Lipinski definition) is 3. The van der Waals surface area contributed by atoms with E-state index in [0.29, 0.717) is 19.5 Å². The summed E-state index contributed by atoms with van der Waals surface area (Å²) in [6, 6.07) is 3.59. The minimum Gasteiger partial charge on any atom is -0.339 e. The molecule has 1 aliphatic heterocycles. The van der Waals surface area contributed by atoms with Gasteiger partial charge < -0.3 is 4.90 Å². The maximum absolute atomic E-state index is 12.1. The van der Waals surface area contributed by atoms with Crippen LogP contribution in [0, 0.1) is 0 Å². The molecule has 0 aliphatic carbocycles. The largest absolute Gasteiger partial charge is 0.389 e. The van der Waals surface area contributed by atoms with E-state index in [4.69, 9.17) is 0 Å². The molecule has 0 bridgehead atoms. The summed E-state index contributed by atoms with van der Waals surface area (Å²) in [4.78, 5) is 13.1. The zero-order valence-corrected chi connectivity index (χ0v) is 10.7. The lowest BCUT2D eigenvalue weighted by Crippen LogP contribution is -2.35. The molecule has 0 spiro atoms. The highest BCUT2D eigenvalue weighted by Crippen LogP contribution is 2.24. The molecule has 20 heavy (non-hydrogen) atoms. The van der Waals surface area contributed by atoms with E-state index in [1.165, 1.54) is 4.90 Å². The van der Waals surface area contributed by atoms with E-state index in [0.717, 1.165) is 11.3 Å². The van der Waals surface area contributed by atoms with Crippen molar-refractivity contribution in [1.82, 2.24) is 15.1 Å². The highest BCUT2D eigenvalue weighted by Gasteiger charge is 2.29. The Labute approximate surface area is 114 Å². The fourth-order valence-electron chi connectivity index (χ4n) is 2.01. The Bertz CT molecular complexity index is 499. The van der Waals surface area contributed by atoms with E-state index in [1.54, 1.807) is 12.3 Å². The molecule has 7 heteroatoms. The van der Waals surface area contributed by atoms with Crippen LogP contribution < -0.4 is 0 Å². The number of aromatic nitrogens is 2. The van der Waals surface area contributed by atoms with Crippen LogP contribution in [-0.4, -0.2) is 40.3 Å². The number of amides is 1. The van der Waals surface area contributed by atoms with Crippen LogP contribution in [0.25, 0.3) is 5.57 Å². The number of hydrogen-bond donors (Lipinski definition) is 0. The molecule has 0 saturated carbocycles. The first kappa shape index (κ1) is 14.5. The zero-order valence-electron chi connectivity index (χ0n) is 10.7. The van der Waals surface area contributed by atoms with Crippen LogP contribution in [0.4, 0.5) is 13.2 Å². The van der Waals surface area contributed by atoms with E-state index in [-0.39, 0.29) is 0 Å². The van der Waals surface area contributed by atoms with Gasteiger partial charge in [0.15, 0.2) is 0 Å². The van der Waals surface area contributed by atoms with Crippen molar-refractivity contribution in [3.63, 3.8) is 0 Å². The van der Waals surface area contributed by atoms with Crippen molar-refractivity contribution < 1.29 is 18.0 Å². The first-order chi connectivity index (χ1) is 9.46. The van der Waals surface area contributed by atoms with E-state index >= 15 is 0 Å². The van der Waals surface area contributed by atoms with Gasteiger partial charge in [-0.25, -0.2) is 0 Å². The molecule has 1 aliphatic rings. The summed E-state index contributed by atoms with van der Waals surface area (Å²) in [6.45, 7) is 0.738. The number of halogens is 3. The van der Waals surface area contributed by atoms with Gasteiger partial charge in [-0.05, 0) is 24.1 Å². The standard InChI is InChI=1S/C13H14F3N3O/c14-13(15,16)6-3-12(20)19-8-4-10(5-9-19)11-2-1-7-17-18-11/h1-2,4,7H,3,5-6,8-9H2. The fourth-order valence-corrected chi connectivity index (χ4v) is 2.01. The lowest BCUT2D eigenvalue weighted by Gasteiger charge is -2.26. The smallest absolute Gasteiger partial charge is 0.339 e. The SMILES string of the molecule is O=C(CCC(F)(F)F)N1CC=C(c2cccnn2)CC1. The van der Waals surface area contributed by atoms with E-state index in [9.17, 15) is 18.0 Å². The molecule has 108 valence electrons. The second kappa shape index (κ2) is 6.02. The van der Waals surface area contributed by atoms with Gasteiger partial charge in [-0.2, -0.15) is 23.4 Å². The van der Waals surface area contributed by atoms with Crippen molar-refractivity contribution in [2.75, 3.05) is 13.1 Å². The summed E-state index contributed by atoms with van der Waals surface area (Å²) in [5, 5.41) is 7.74. The summed E-state index contributed by atoms with van der Waals surface area (Å²) >= 11 is 0. The molecular weight excluding hydrogens is 271 g/mol. The van der Waals surface area contributed by atoms with Crippen LogP contribution in [-0.2, 0) is 4.79 Å². The molecular formula is C13H14F3N3O. The number of rotatable bonds is 3. The van der Waals surface area contributed by atoms with Gasteiger partial charge in [0.25, 0.3) is 0 Å². The maximum atomic E-state index is 12.1. The molecule has 0 saturated heterocycles. The Morgan fingerprint density at radius 3 is 2.75 bits per heavy atom. The second-order valence-corrected chi connectivity index (χ2v) is 4.54. The minimum absolute atomic E-state index is 0.322. The third-order valence-electron chi connectivity index (χ3n) is 3.09. The van der Waals surface area contributed by atoms with Crippen LogP contribution in [0.15, 0.2) is 24.4 Å². The van der Waals surface area contributed by atoms with E-state index < -0.39 is 24.9 Å². The number of carbonyl (C=O) groups is 1. The third-order valence-corrected chi connectivity index (χ3v) is 3.09. The Hall–Kier alpha value is -1.92. The molecule has 2 heterocycles. The van der Waals surface area contributed by atoms with Crippen molar-refractivity contribution >= 4 is 11.5 Å². The van der Waals surface area contributed by atoms with Gasteiger partial charge in [0.1, 0.15) is 0 Å². The van der Waals surface area contributed by atoms with Gasteiger partial charge in [0.2, 0.25) is 5.91 Å². The predicted molar refractivity (Wildman–Crippen MR) is 66.5 cm³/mol. The van der Waals surface area contributed by atoms with Crippen molar-refractivity contribution in [3.8, 4) is 0 Å². The zero-order chi connectivity index (χ0) is 14.6. The Kier molecular flexibility index (Phi) is 4.36. The van der Waals surface area contributed by atoms with Crippen LogP contribution >= 0.6 is 0 Å². The maximum Gasteiger partial charge on any atom is 0.389 e. The van der Waals surface area contributed by atoms with Crippen molar-refractivity contribution in [2.45, 2.75) is 25.4 Å². The number of nitrogens with zero attached hydrogens (tertiary/aromatic N) is 3. The summed E-state index contributed by atoms with van der Waals surface area (Å²) in [5.74, 6) is -0.461. The highest BCUT2D eigenvalue weighted by atomic mass is 19.4. The number of alkyl halides is 3. The topological polar surface area (TPSA) is 46.1 Å². The molecule has 1 aromatic rings. The summed E-state index contributed by atoms with van der Waals surface area (Å²) in [5.41, 5.74) is 1.72. The van der Waals surface area contributed by atoms with E-state index in [2.05, 4.69) is 10.2 Å². The number of carbonyl (C=O) groups excluding carboxylic acids is 1. The molecule has 0 atom stereocenters. The van der Waals surface area contributed by atoms with Gasteiger partial charge in [-0.1, -0.05) is 6.08 Å². The molecule has 1 aromatic heterocycles. The van der Waals surface area contributed by atoms with Gasteiger partial charge >= 0.3 is 6.18 Å². The molecule has 2 rings (SSSR count). The molecule has 4 nitrogen and oxygen atoms in total. The van der Waals surface area contributed by atoms with Crippen molar-refractivity contribution in [1.29, 1.82) is 0 Å². The predicted octanol–water partition coefficient (Wildman–Crippen LogP) is 2.43. The Morgan fingerprint density at radius 2 is 2.20 bits per heavy atom. The van der Waals surface area contributed by atoms with Gasteiger partial charge in [-0.15, -0.1) is 0 Å². The normalized spacial score (nSPS) is 15.9. The van der Waals surface area contributed by atoms with E-state index in [1.807, 2.05) is 12.1 Å². The first-order valence-electron chi connectivity index (χ1n) is 6.27. The van der Waals surface area contributed by atoms with Crippen molar-refractivity contribution in [2.24, 2.45) is 0 Å². The van der Waals surface area contributed by atoms with Crippen LogP contribution in [0.1, 0.15) is 25.0 Å². The molecule has 0 unspecified atom stereocenters. The monoisotopic (exact) mass is 285 g/mol. The lowest BCUT2D eigenvalue weighted by molar-refractivity contribution is -0.148. The van der Waals surface area contributed by atoms with Gasteiger partial charge in [-0.3, -0.25) is 4.79 Å². The van der Waals surface area contributed by atoms with Gasteiger partial charge in [0, 0.05) is 25.7 Å². The average Bonchev–Trinajstić information content (AvgIpc) is 2.45. The molecule has 0 N–H and O–H groups in total. The summed E-state index contributed by atoms with van der Waals surface area (Å²) < 4.78 is 36.2. The molecule has 0 fully saturated rings. The highest BCUT2D eigenvalue weighted by molar-refractivity contribution is 5.78. The Morgan fingerprint density at radius 1 is 1.40 bits per heavy atom. The van der Waals surface area contributed by atoms with Gasteiger partial charge in [0.05, 0.1) is 12.1 Å². The van der Waals surface area contributed by atoms with Crippen LogP contribution in [0.2, 0.25) is 0 Å². The molecule has 0 aromatic carbocycles. The average molecular weight is 285 g/mol. The van der Waals surface area contributed by atoms with Crippen LogP contribution in [0.3, 0.4) is 0 Å². The van der Waals surface area contributed by atoms with Crippen molar-refractivity contribution in [3.05, 3.63) is 30.1 Å². The van der Waals surface area contributed by atoms with Crippen LogP contribution in [0.5, 0.6) is 0 Å². The lowest BCUT2D eigenvalue weighted by atomic mass is 10.0. The minimum atomic E-state index is -4.29. The quantitative estimate of drug-likeness (QED) is 0.857. The summed E-state index contributed by atoms with van der Waals surface area (Å²) in [6.07, 6.45) is -1.87. The Balaban J connectivity index is 1.90. The first-order valence-corrected chi connectivity index (χ1v) is 6.27.